The van der Waals surface area contributed by atoms with Crippen LogP contribution >= 0.6 is 11.6 Å². The van der Waals surface area contributed by atoms with Crippen LogP contribution in [0.2, 0.25) is 5.02 Å². The van der Waals surface area contributed by atoms with Crippen LogP contribution in [-0.4, -0.2) is 30.3 Å². The van der Waals surface area contributed by atoms with Crippen LogP contribution in [0.1, 0.15) is 0 Å². The molecule has 0 fully saturated rings. The normalized spacial score (nSPS) is 9.15. The van der Waals surface area contributed by atoms with E-state index in [2.05, 4.69) is 11.7 Å². The van der Waals surface area contributed by atoms with Crippen molar-refractivity contribution in [2.75, 3.05) is 0 Å². The number of halogens is 1. The lowest BCUT2D eigenvalue weighted by molar-refractivity contribution is -0.106. The third kappa shape index (κ3) is 4.62. The summed E-state index contributed by atoms with van der Waals surface area (Å²) in [6.07, 6.45) is 0.389. The van der Waals surface area contributed by atoms with Crippen LogP contribution in [-0.2, 0) is 4.79 Å². The first-order valence-electron chi connectivity index (χ1n) is 5.70. The van der Waals surface area contributed by atoms with Crippen molar-refractivity contribution in [2.24, 2.45) is 4.99 Å². The number of carbonyl (C=O) groups excluding carboxylic acids is 1. The monoisotopic (exact) mass is 289 g/mol. The third-order valence-electron chi connectivity index (χ3n) is 2.45. The molecule has 1 amide bonds. The van der Waals surface area contributed by atoms with Crippen LogP contribution in [0.15, 0.2) is 53.5 Å². The van der Waals surface area contributed by atoms with Crippen LogP contribution in [0.25, 0.3) is 11.1 Å². The lowest BCUT2D eigenvalue weighted by Gasteiger charge is -2.06. The van der Waals surface area contributed by atoms with Gasteiger partial charge in [0.1, 0.15) is 0 Å². The zero-order valence-electron chi connectivity index (χ0n) is 10.6. The van der Waals surface area contributed by atoms with Gasteiger partial charge in [0.2, 0.25) is 6.41 Å². The van der Waals surface area contributed by atoms with Crippen molar-refractivity contribution in [1.82, 2.24) is 0 Å². The number of rotatable bonds is 3. The Bertz CT molecular complexity index is 570. The van der Waals surface area contributed by atoms with Crippen molar-refractivity contribution in [2.45, 2.75) is 0 Å². The lowest BCUT2D eigenvalue weighted by Crippen LogP contribution is -2.29. The molecule has 0 saturated carbocycles. The highest BCUT2D eigenvalue weighted by Crippen LogP contribution is 2.26. The second kappa shape index (κ2) is 8.27. The highest BCUT2D eigenvalue weighted by Gasteiger charge is 2.12. The van der Waals surface area contributed by atoms with Gasteiger partial charge in [0, 0.05) is 10.6 Å². The van der Waals surface area contributed by atoms with Gasteiger partial charge in [-0.3, -0.25) is 4.79 Å². The van der Waals surface area contributed by atoms with Gasteiger partial charge in [0.25, 0.3) is 0 Å². The molecule has 2 aromatic carbocycles. The molecule has 20 heavy (non-hydrogen) atoms. The Morgan fingerprint density at radius 1 is 1.15 bits per heavy atom. The SMILES string of the molecule is C=NC=O.OB(O)c1ccc(-c2ccccc2)c(Cl)c1. The van der Waals surface area contributed by atoms with Crippen molar-refractivity contribution in [3.8, 4) is 11.1 Å². The molecule has 2 rings (SSSR count). The minimum atomic E-state index is -1.48. The van der Waals surface area contributed by atoms with Gasteiger partial charge in [-0.1, -0.05) is 54.1 Å². The van der Waals surface area contributed by atoms with Gasteiger partial charge in [-0.2, -0.15) is 0 Å². The van der Waals surface area contributed by atoms with E-state index in [0.29, 0.717) is 16.9 Å². The Labute approximate surface area is 122 Å². The molecule has 2 N–H and O–H groups in total. The molecule has 6 heteroatoms. The molecule has 0 aliphatic carbocycles. The molecule has 4 nitrogen and oxygen atoms in total. The highest BCUT2D eigenvalue weighted by molar-refractivity contribution is 6.59. The van der Waals surface area contributed by atoms with E-state index in [0.717, 1.165) is 11.1 Å². The van der Waals surface area contributed by atoms with Gasteiger partial charge in [-0.05, 0) is 23.8 Å². The maximum atomic E-state index is 9.01. The zero-order valence-corrected chi connectivity index (χ0v) is 11.4. The molecular formula is C14H13BClNO3. The molecule has 0 radical (unpaired) electrons. The van der Waals surface area contributed by atoms with E-state index >= 15 is 0 Å². The molecule has 0 aliphatic heterocycles. The second-order valence-electron chi connectivity index (χ2n) is 3.77. The summed E-state index contributed by atoms with van der Waals surface area (Å²) in [6, 6.07) is 14.7. The summed E-state index contributed by atoms with van der Waals surface area (Å²) in [6.45, 7) is 2.86. The van der Waals surface area contributed by atoms with Crippen molar-refractivity contribution >= 4 is 37.3 Å². The Hall–Kier alpha value is -1.95. The first kappa shape index (κ1) is 16.1. The van der Waals surface area contributed by atoms with Crippen molar-refractivity contribution in [1.29, 1.82) is 0 Å². The van der Waals surface area contributed by atoms with Crippen LogP contribution in [0.4, 0.5) is 0 Å². The molecule has 102 valence electrons. The summed E-state index contributed by atoms with van der Waals surface area (Å²) in [5.41, 5.74) is 2.28. The molecule has 0 unspecified atom stereocenters. The van der Waals surface area contributed by atoms with Crippen molar-refractivity contribution < 1.29 is 14.8 Å². The van der Waals surface area contributed by atoms with Gasteiger partial charge < -0.3 is 10.0 Å². The maximum Gasteiger partial charge on any atom is 0.488 e. The summed E-state index contributed by atoms with van der Waals surface area (Å²) < 4.78 is 0. The molecule has 0 spiro atoms. The summed E-state index contributed by atoms with van der Waals surface area (Å²) in [7, 11) is -1.48. The van der Waals surface area contributed by atoms with E-state index in [1.807, 2.05) is 30.3 Å². The largest absolute Gasteiger partial charge is 0.488 e. The van der Waals surface area contributed by atoms with Gasteiger partial charge >= 0.3 is 7.12 Å². The summed E-state index contributed by atoms with van der Waals surface area (Å²) >= 11 is 6.09. The third-order valence-corrected chi connectivity index (χ3v) is 2.76. The van der Waals surface area contributed by atoms with Gasteiger partial charge in [-0.15, -0.1) is 0 Å². The second-order valence-corrected chi connectivity index (χ2v) is 4.17. The van der Waals surface area contributed by atoms with Gasteiger partial charge in [0.15, 0.2) is 0 Å². The number of nitrogens with zero attached hydrogens (tertiary/aromatic N) is 1. The standard InChI is InChI=1S/C12H10BClO2.C2H3NO/c14-12-8-10(13(15)16)6-7-11(12)9-4-2-1-3-5-9;1-3-2-4/h1-8,15-16H;2H,1H2. The lowest BCUT2D eigenvalue weighted by atomic mass is 9.80. The first-order valence-corrected chi connectivity index (χ1v) is 6.08. The Balaban J connectivity index is 0.000000444. The van der Waals surface area contributed by atoms with Crippen molar-refractivity contribution in [3.05, 3.63) is 53.6 Å². The predicted molar refractivity (Wildman–Crippen MR) is 82.3 cm³/mol. The number of hydrogen-bond donors (Lipinski definition) is 2. The molecule has 2 aromatic rings. The molecule has 0 aliphatic rings. The van der Waals surface area contributed by atoms with Crippen LogP contribution in [0, 0.1) is 0 Å². The smallest absolute Gasteiger partial charge is 0.423 e. The number of hydrogen-bond acceptors (Lipinski definition) is 3. The number of carbonyl (C=O) groups is 1. The van der Waals surface area contributed by atoms with E-state index in [4.69, 9.17) is 26.4 Å². The van der Waals surface area contributed by atoms with Crippen LogP contribution in [0.3, 0.4) is 0 Å². The van der Waals surface area contributed by atoms with Crippen LogP contribution < -0.4 is 5.46 Å². The first-order chi connectivity index (χ1) is 9.60. The van der Waals surface area contributed by atoms with E-state index in [9.17, 15) is 0 Å². The average molecular weight is 290 g/mol. The number of benzene rings is 2. The van der Waals surface area contributed by atoms with Crippen molar-refractivity contribution in [3.63, 3.8) is 0 Å². The molecule has 0 aromatic heterocycles. The molecule has 0 saturated heterocycles. The fraction of sp³-hybridized carbons (Fsp3) is 0. The molecule has 0 bridgehead atoms. The summed E-state index contributed by atoms with van der Waals surface area (Å²) in [4.78, 5) is 11.8. The molecule has 0 heterocycles. The Morgan fingerprint density at radius 2 is 1.75 bits per heavy atom. The Kier molecular flexibility index (Phi) is 6.66. The minimum absolute atomic E-state index is 0.389. The number of amides is 1. The fourth-order valence-corrected chi connectivity index (χ4v) is 1.84. The van der Waals surface area contributed by atoms with Gasteiger partial charge in [-0.25, -0.2) is 4.99 Å². The van der Waals surface area contributed by atoms with E-state index in [-0.39, 0.29) is 0 Å². The van der Waals surface area contributed by atoms with Gasteiger partial charge in [0.05, 0.1) is 0 Å². The van der Waals surface area contributed by atoms with E-state index in [1.54, 1.807) is 18.2 Å². The zero-order chi connectivity index (χ0) is 15.0. The fourth-order valence-electron chi connectivity index (χ4n) is 1.54. The number of aliphatic imine (C=N–C) groups is 1. The summed E-state index contributed by atoms with van der Waals surface area (Å²) in [5.74, 6) is 0. The maximum absolute atomic E-state index is 9.01. The predicted octanol–water partition coefficient (Wildman–Crippen LogP) is 1.53. The highest BCUT2D eigenvalue weighted by atomic mass is 35.5. The minimum Gasteiger partial charge on any atom is -0.423 e. The quantitative estimate of drug-likeness (QED) is 0.511. The topological polar surface area (TPSA) is 69.9 Å². The Morgan fingerprint density at radius 3 is 2.20 bits per heavy atom. The average Bonchev–Trinajstić information content (AvgIpc) is 2.48. The van der Waals surface area contributed by atoms with Crippen LogP contribution in [0.5, 0.6) is 0 Å². The van der Waals surface area contributed by atoms with E-state index < -0.39 is 7.12 Å². The summed E-state index contributed by atoms with van der Waals surface area (Å²) in [5, 5.41) is 18.5. The van der Waals surface area contributed by atoms with E-state index in [1.165, 1.54) is 0 Å². The molecule has 0 atom stereocenters. The molecular weight excluding hydrogens is 276 g/mol.